The molecular weight excluding hydrogens is 317 g/mol. The Morgan fingerprint density at radius 3 is 2.18 bits per heavy atom. The van der Waals surface area contributed by atoms with Crippen molar-refractivity contribution in [1.29, 1.82) is 0 Å². The van der Waals surface area contributed by atoms with Gasteiger partial charge in [0.2, 0.25) is 5.91 Å². The van der Waals surface area contributed by atoms with Gasteiger partial charge < -0.3 is 5.32 Å². The Kier molecular flexibility index (Phi) is 4.40. The summed E-state index contributed by atoms with van der Waals surface area (Å²) in [5.41, 5.74) is -0.0297. The Morgan fingerprint density at radius 2 is 1.68 bits per heavy atom. The van der Waals surface area contributed by atoms with Crippen LogP contribution in [0.4, 0.5) is 0 Å². The maximum absolute atomic E-state index is 12.9. The lowest BCUT2D eigenvalue weighted by Gasteiger charge is -2.21. The molecule has 3 atom stereocenters. The van der Waals surface area contributed by atoms with E-state index in [4.69, 9.17) is 23.2 Å². The fraction of sp³-hybridized carbons (Fsp3) is 0.500. The zero-order valence-electron chi connectivity index (χ0n) is 13.7. The molecular formula is C18H23Cl2NO. The SMILES string of the molecule is CC(NC(=O)[C@]1(C)C(C)(C)[C@@]1(C)C=C(Cl)Cl)c1ccccc1. The molecule has 2 nitrogen and oxygen atoms in total. The van der Waals surface area contributed by atoms with E-state index in [-0.39, 0.29) is 27.3 Å². The minimum absolute atomic E-state index is 0.0298. The first-order chi connectivity index (χ1) is 10.1. The highest BCUT2D eigenvalue weighted by Gasteiger charge is 2.79. The molecule has 2 rings (SSSR count). The predicted octanol–water partition coefficient (Wildman–Crippen LogP) is 5.24. The summed E-state index contributed by atoms with van der Waals surface area (Å²) >= 11 is 11.7. The fourth-order valence-electron chi connectivity index (χ4n) is 3.61. The molecule has 1 aromatic carbocycles. The number of nitrogens with one attached hydrogen (secondary N) is 1. The van der Waals surface area contributed by atoms with E-state index < -0.39 is 5.41 Å². The molecule has 0 aromatic heterocycles. The molecule has 4 heteroatoms. The van der Waals surface area contributed by atoms with Crippen molar-refractivity contribution in [2.45, 2.75) is 40.7 Å². The van der Waals surface area contributed by atoms with Crippen molar-refractivity contribution in [2.24, 2.45) is 16.2 Å². The molecule has 0 saturated heterocycles. The lowest BCUT2D eigenvalue weighted by Crippen LogP contribution is -2.36. The van der Waals surface area contributed by atoms with Gasteiger partial charge in [-0.1, -0.05) is 74.3 Å². The molecule has 0 aliphatic heterocycles. The van der Waals surface area contributed by atoms with Gasteiger partial charge in [-0.2, -0.15) is 0 Å². The average molecular weight is 340 g/mol. The van der Waals surface area contributed by atoms with E-state index in [9.17, 15) is 4.79 Å². The normalized spacial score (nSPS) is 30.3. The first kappa shape index (κ1) is 17.4. The second-order valence-electron chi connectivity index (χ2n) is 6.99. The highest BCUT2D eigenvalue weighted by Crippen LogP contribution is 2.79. The van der Waals surface area contributed by atoms with E-state index in [0.717, 1.165) is 5.56 Å². The maximum Gasteiger partial charge on any atom is 0.227 e. The Hall–Kier alpha value is -0.990. The van der Waals surface area contributed by atoms with Gasteiger partial charge in [0, 0.05) is 5.41 Å². The van der Waals surface area contributed by atoms with E-state index in [0.29, 0.717) is 0 Å². The summed E-state index contributed by atoms with van der Waals surface area (Å²) < 4.78 is 0.211. The van der Waals surface area contributed by atoms with Crippen molar-refractivity contribution >= 4 is 29.1 Å². The van der Waals surface area contributed by atoms with Crippen LogP contribution in [0.1, 0.15) is 46.2 Å². The van der Waals surface area contributed by atoms with Gasteiger partial charge in [-0.3, -0.25) is 4.79 Å². The minimum atomic E-state index is -0.544. The van der Waals surface area contributed by atoms with Gasteiger partial charge in [0.25, 0.3) is 0 Å². The Morgan fingerprint density at radius 1 is 1.14 bits per heavy atom. The van der Waals surface area contributed by atoms with Crippen molar-refractivity contribution in [3.8, 4) is 0 Å². The van der Waals surface area contributed by atoms with Crippen LogP contribution in [0.15, 0.2) is 40.9 Å². The van der Waals surface area contributed by atoms with E-state index in [1.54, 1.807) is 6.08 Å². The van der Waals surface area contributed by atoms with Gasteiger partial charge in [0.1, 0.15) is 4.49 Å². The summed E-state index contributed by atoms with van der Waals surface area (Å²) in [6, 6.07) is 9.90. The number of carbonyl (C=O) groups excluding carboxylic acids is 1. The van der Waals surface area contributed by atoms with Gasteiger partial charge in [0.05, 0.1) is 11.5 Å². The van der Waals surface area contributed by atoms with Crippen LogP contribution in [0.2, 0.25) is 0 Å². The summed E-state index contributed by atoms with van der Waals surface area (Å²) in [5, 5.41) is 3.13. The van der Waals surface area contributed by atoms with Crippen LogP contribution in [0, 0.1) is 16.2 Å². The standard InChI is InChI=1S/C18H23Cl2NO/c1-12(13-9-7-6-8-10-13)21-15(22)18(5)16(2,3)17(18,4)11-14(19)20/h6-12H,1-5H3,(H,21,22)/t12?,17-,18-/m1/s1. The summed E-state index contributed by atoms with van der Waals surface area (Å²) in [7, 11) is 0. The maximum atomic E-state index is 12.9. The zero-order valence-corrected chi connectivity index (χ0v) is 15.2. The lowest BCUT2D eigenvalue weighted by atomic mass is 9.94. The van der Waals surface area contributed by atoms with Crippen molar-refractivity contribution < 1.29 is 4.79 Å². The molecule has 1 amide bonds. The summed E-state index contributed by atoms with van der Waals surface area (Å²) in [5.74, 6) is 0.0298. The number of carbonyl (C=O) groups is 1. The Balaban J connectivity index is 2.21. The van der Waals surface area contributed by atoms with Crippen LogP contribution in [0.5, 0.6) is 0 Å². The zero-order chi connectivity index (χ0) is 16.8. The first-order valence-corrected chi connectivity index (χ1v) is 8.23. The number of allylic oxidation sites excluding steroid dienone is 1. The van der Waals surface area contributed by atoms with E-state index >= 15 is 0 Å². The molecule has 0 radical (unpaired) electrons. The number of benzene rings is 1. The Bertz CT molecular complexity index is 607. The van der Waals surface area contributed by atoms with Crippen LogP contribution < -0.4 is 5.32 Å². The van der Waals surface area contributed by atoms with Crippen LogP contribution in [0.3, 0.4) is 0 Å². The number of halogens is 2. The topological polar surface area (TPSA) is 29.1 Å². The third-order valence-electron chi connectivity index (χ3n) is 6.02. The summed E-state index contributed by atoms with van der Waals surface area (Å²) in [6.07, 6.45) is 1.79. The largest absolute Gasteiger partial charge is 0.349 e. The van der Waals surface area contributed by atoms with Crippen molar-refractivity contribution in [3.63, 3.8) is 0 Å². The fourth-order valence-corrected chi connectivity index (χ4v) is 4.05. The minimum Gasteiger partial charge on any atom is -0.349 e. The summed E-state index contributed by atoms with van der Waals surface area (Å²) in [4.78, 5) is 12.9. The van der Waals surface area contributed by atoms with Crippen molar-refractivity contribution in [2.75, 3.05) is 0 Å². The lowest BCUT2D eigenvalue weighted by molar-refractivity contribution is -0.128. The Labute approximate surface area is 142 Å². The highest BCUT2D eigenvalue weighted by molar-refractivity contribution is 6.55. The third-order valence-corrected chi connectivity index (χ3v) is 6.24. The monoisotopic (exact) mass is 339 g/mol. The molecule has 1 saturated carbocycles. The number of rotatable bonds is 4. The molecule has 1 aliphatic carbocycles. The molecule has 1 aromatic rings. The molecule has 120 valence electrons. The third kappa shape index (κ3) is 2.37. The van der Waals surface area contributed by atoms with Gasteiger partial charge in [-0.15, -0.1) is 0 Å². The number of hydrogen-bond donors (Lipinski definition) is 1. The van der Waals surface area contributed by atoms with Crippen molar-refractivity contribution in [3.05, 3.63) is 46.5 Å². The quantitative estimate of drug-likeness (QED) is 0.798. The van der Waals surface area contributed by atoms with Crippen molar-refractivity contribution in [1.82, 2.24) is 5.32 Å². The molecule has 0 heterocycles. The van der Waals surface area contributed by atoms with E-state index in [1.165, 1.54) is 0 Å². The van der Waals surface area contributed by atoms with Crippen LogP contribution in [-0.2, 0) is 4.79 Å². The molecule has 0 bridgehead atoms. The number of amides is 1. The van der Waals surface area contributed by atoms with Gasteiger partial charge in [-0.05, 0) is 30.9 Å². The molecule has 22 heavy (non-hydrogen) atoms. The van der Waals surface area contributed by atoms with Gasteiger partial charge in [-0.25, -0.2) is 0 Å². The average Bonchev–Trinajstić information content (AvgIpc) is 2.78. The molecule has 1 aliphatic rings. The van der Waals surface area contributed by atoms with Crippen LogP contribution in [0.25, 0.3) is 0 Å². The van der Waals surface area contributed by atoms with Gasteiger partial charge in [0.15, 0.2) is 0 Å². The number of hydrogen-bond acceptors (Lipinski definition) is 1. The second kappa shape index (κ2) is 5.58. The molecule has 0 spiro atoms. The smallest absolute Gasteiger partial charge is 0.227 e. The van der Waals surface area contributed by atoms with Gasteiger partial charge >= 0.3 is 0 Å². The second-order valence-corrected chi connectivity index (χ2v) is 8.00. The highest BCUT2D eigenvalue weighted by atomic mass is 35.5. The first-order valence-electron chi connectivity index (χ1n) is 7.47. The van der Waals surface area contributed by atoms with Crippen LogP contribution in [-0.4, -0.2) is 5.91 Å². The van der Waals surface area contributed by atoms with E-state index in [2.05, 4.69) is 19.2 Å². The summed E-state index contributed by atoms with van der Waals surface area (Å²) in [6.45, 7) is 10.2. The molecule has 1 fully saturated rings. The predicted molar refractivity (Wildman–Crippen MR) is 92.8 cm³/mol. The molecule has 1 N–H and O–H groups in total. The van der Waals surface area contributed by atoms with Crippen LogP contribution >= 0.6 is 23.2 Å². The molecule has 1 unspecified atom stereocenters. The van der Waals surface area contributed by atoms with E-state index in [1.807, 2.05) is 51.1 Å².